The van der Waals surface area contributed by atoms with Gasteiger partial charge in [0.25, 0.3) is 5.91 Å². The number of aliphatic carboxylic acids is 1. The lowest BCUT2D eigenvalue weighted by Crippen LogP contribution is -2.33. The van der Waals surface area contributed by atoms with Crippen molar-refractivity contribution in [2.45, 2.75) is 6.92 Å². The average molecular weight is 301 g/mol. The van der Waals surface area contributed by atoms with Gasteiger partial charge in [-0.15, -0.1) is 0 Å². The highest BCUT2D eigenvalue weighted by Crippen LogP contribution is 2.15. The molecule has 5 nitrogen and oxygen atoms in total. The molecular formula is C11H13BrN2O3. The number of carbonyl (C=O) groups is 2. The minimum Gasteiger partial charge on any atom is -0.481 e. The van der Waals surface area contributed by atoms with E-state index in [0.717, 1.165) is 0 Å². The van der Waals surface area contributed by atoms with Gasteiger partial charge in [-0.3, -0.25) is 9.59 Å². The Kier molecular flexibility index (Phi) is 4.62. The molecule has 6 heteroatoms. The van der Waals surface area contributed by atoms with Crippen molar-refractivity contribution >= 4 is 27.8 Å². The minimum absolute atomic E-state index is 0.162. The molecule has 1 aromatic heterocycles. The van der Waals surface area contributed by atoms with Crippen LogP contribution in [0.25, 0.3) is 0 Å². The van der Waals surface area contributed by atoms with Gasteiger partial charge >= 0.3 is 5.97 Å². The summed E-state index contributed by atoms with van der Waals surface area (Å²) in [6.07, 6.45) is 1.57. The molecule has 1 N–H and O–H groups in total. The molecule has 92 valence electrons. The third-order valence-electron chi connectivity index (χ3n) is 2.31. The first-order valence-corrected chi connectivity index (χ1v) is 5.81. The van der Waals surface area contributed by atoms with Crippen molar-refractivity contribution in [1.82, 2.24) is 9.88 Å². The molecule has 0 aliphatic heterocycles. The predicted octanol–water partition coefficient (Wildman–Crippen LogP) is 1.64. The van der Waals surface area contributed by atoms with Gasteiger partial charge < -0.3 is 10.0 Å². The molecule has 0 bridgehead atoms. The van der Waals surface area contributed by atoms with Gasteiger partial charge in [0.2, 0.25) is 0 Å². The van der Waals surface area contributed by atoms with Crippen LogP contribution in [-0.4, -0.2) is 40.5 Å². The Balaban J connectivity index is 2.77. The summed E-state index contributed by atoms with van der Waals surface area (Å²) in [7, 11) is 1.57. The van der Waals surface area contributed by atoms with E-state index < -0.39 is 11.9 Å². The minimum atomic E-state index is -0.921. The van der Waals surface area contributed by atoms with E-state index in [9.17, 15) is 9.59 Å². The third-order valence-corrected chi connectivity index (χ3v) is 2.94. The Bertz CT molecular complexity index is 436. The van der Waals surface area contributed by atoms with Gasteiger partial charge in [0.1, 0.15) is 4.60 Å². The number of carbonyl (C=O) groups excluding carboxylic acids is 1. The quantitative estimate of drug-likeness (QED) is 0.858. The lowest BCUT2D eigenvalue weighted by atomic mass is 10.1. The topological polar surface area (TPSA) is 70.5 Å². The fourth-order valence-electron chi connectivity index (χ4n) is 1.32. The number of pyridine rings is 1. The highest BCUT2D eigenvalue weighted by Gasteiger charge is 2.20. The first-order valence-electron chi connectivity index (χ1n) is 5.02. The Hall–Kier alpha value is -1.43. The Morgan fingerprint density at radius 1 is 1.59 bits per heavy atom. The van der Waals surface area contributed by atoms with Crippen molar-refractivity contribution in [3.8, 4) is 0 Å². The maximum Gasteiger partial charge on any atom is 0.308 e. The summed E-state index contributed by atoms with van der Waals surface area (Å²) in [5.41, 5.74) is 0.424. The van der Waals surface area contributed by atoms with E-state index >= 15 is 0 Å². The lowest BCUT2D eigenvalue weighted by Gasteiger charge is -2.19. The van der Waals surface area contributed by atoms with Crippen LogP contribution in [0.15, 0.2) is 22.9 Å². The summed E-state index contributed by atoms with van der Waals surface area (Å²) in [4.78, 5) is 28.0. The molecule has 1 rings (SSSR count). The van der Waals surface area contributed by atoms with Crippen molar-refractivity contribution in [3.05, 3.63) is 28.5 Å². The maximum atomic E-state index is 12.0. The number of amides is 1. The van der Waals surface area contributed by atoms with Crippen molar-refractivity contribution in [2.24, 2.45) is 5.92 Å². The summed E-state index contributed by atoms with van der Waals surface area (Å²) < 4.78 is 0.458. The summed E-state index contributed by atoms with van der Waals surface area (Å²) in [5, 5.41) is 8.78. The molecule has 1 atom stereocenters. The van der Waals surface area contributed by atoms with Crippen LogP contribution in [0.5, 0.6) is 0 Å². The van der Waals surface area contributed by atoms with Crippen molar-refractivity contribution in [2.75, 3.05) is 13.6 Å². The zero-order chi connectivity index (χ0) is 13.0. The number of halogens is 1. The lowest BCUT2D eigenvalue weighted by molar-refractivity contribution is -0.141. The third kappa shape index (κ3) is 3.52. The van der Waals surface area contributed by atoms with Crippen LogP contribution >= 0.6 is 15.9 Å². The van der Waals surface area contributed by atoms with E-state index in [0.29, 0.717) is 10.2 Å². The average Bonchev–Trinajstić information content (AvgIpc) is 2.28. The second-order valence-electron chi connectivity index (χ2n) is 3.77. The van der Waals surface area contributed by atoms with Crippen LogP contribution in [0.4, 0.5) is 0 Å². The number of carboxylic acids is 1. The largest absolute Gasteiger partial charge is 0.481 e. The number of carboxylic acid groups (broad SMARTS) is 1. The van der Waals surface area contributed by atoms with Gasteiger partial charge in [-0.05, 0) is 28.1 Å². The summed E-state index contributed by atoms with van der Waals surface area (Å²) in [6, 6.07) is 3.30. The fourth-order valence-corrected chi connectivity index (χ4v) is 1.74. The smallest absolute Gasteiger partial charge is 0.308 e. The first kappa shape index (κ1) is 13.6. The Morgan fingerprint density at radius 2 is 2.24 bits per heavy atom. The highest BCUT2D eigenvalue weighted by atomic mass is 79.9. The molecule has 0 aliphatic carbocycles. The van der Waals surface area contributed by atoms with Gasteiger partial charge in [-0.25, -0.2) is 4.98 Å². The van der Waals surface area contributed by atoms with E-state index in [-0.39, 0.29) is 12.5 Å². The highest BCUT2D eigenvalue weighted by molar-refractivity contribution is 9.10. The molecule has 0 aromatic carbocycles. The molecular weight excluding hydrogens is 288 g/mol. The molecule has 1 heterocycles. The van der Waals surface area contributed by atoms with Gasteiger partial charge in [0.15, 0.2) is 0 Å². The molecule has 1 unspecified atom stereocenters. The van der Waals surface area contributed by atoms with Crippen LogP contribution in [0.2, 0.25) is 0 Å². The van der Waals surface area contributed by atoms with E-state index in [4.69, 9.17) is 5.11 Å². The molecule has 0 fully saturated rings. The molecule has 0 aliphatic rings. The molecule has 0 radical (unpaired) electrons. The molecule has 17 heavy (non-hydrogen) atoms. The molecule has 0 saturated carbocycles. The number of nitrogens with zero attached hydrogens (tertiary/aromatic N) is 2. The second-order valence-corrected chi connectivity index (χ2v) is 4.52. The van der Waals surface area contributed by atoms with E-state index in [1.165, 1.54) is 4.90 Å². The zero-order valence-electron chi connectivity index (χ0n) is 9.55. The Labute approximate surface area is 108 Å². The SMILES string of the molecule is CC(CN(C)C(=O)c1cccnc1Br)C(=O)O. The monoisotopic (exact) mass is 300 g/mol. The van der Waals surface area contributed by atoms with Crippen molar-refractivity contribution < 1.29 is 14.7 Å². The van der Waals surface area contributed by atoms with Crippen LogP contribution in [0.3, 0.4) is 0 Å². The van der Waals surface area contributed by atoms with Crippen molar-refractivity contribution in [1.29, 1.82) is 0 Å². The van der Waals surface area contributed by atoms with E-state index in [1.807, 2.05) is 0 Å². The number of aromatic nitrogens is 1. The van der Waals surface area contributed by atoms with Crippen LogP contribution in [0, 0.1) is 5.92 Å². The maximum absolute atomic E-state index is 12.0. The summed E-state index contributed by atoms with van der Waals surface area (Å²) in [5.74, 6) is -1.77. The van der Waals surface area contributed by atoms with Crippen LogP contribution in [-0.2, 0) is 4.79 Å². The van der Waals surface area contributed by atoms with Crippen molar-refractivity contribution in [3.63, 3.8) is 0 Å². The second kappa shape index (κ2) is 5.77. The molecule has 0 saturated heterocycles. The number of hydrogen-bond donors (Lipinski definition) is 1. The predicted molar refractivity (Wildman–Crippen MR) is 65.7 cm³/mol. The van der Waals surface area contributed by atoms with Gasteiger partial charge in [-0.2, -0.15) is 0 Å². The number of rotatable bonds is 4. The fraction of sp³-hybridized carbons (Fsp3) is 0.364. The summed E-state index contributed by atoms with van der Waals surface area (Å²) >= 11 is 3.19. The molecule has 1 aromatic rings. The Morgan fingerprint density at radius 3 is 2.76 bits per heavy atom. The van der Waals surface area contributed by atoms with Gasteiger partial charge in [0.05, 0.1) is 11.5 Å². The standard InChI is InChI=1S/C11H13BrN2O3/c1-7(11(16)17)6-14(2)10(15)8-4-3-5-13-9(8)12/h3-5,7H,6H2,1-2H3,(H,16,17). The van der Waals surface area contributed by atoms with Gasteiger partial charge in [-0.1, -0.05) is 6.92 Å². The number of hydrogen-bond acceptors (Lipinski definition) is 3. The first-order chi connectivity index (χ1) is 7.93. The normalized spacial score (nSPS) is 11.9. The van der Waals surface area contributed by atoms with Gasteiger partial charge in [0, 0.05) is 19.8 Å². The van der Waals surface area contributed by atoms with Crippen LogP contribution < -0.4 is 0 Å². The molecule has 1 amide bonds. The van der Waals surface area contributed by atoms with E-state index in [1.54, 1.807) is 32.3 Å². The zero-order valence-corrected chi connectivity index (χ0v) is 11.1. The van der Waals surface area contributed by atoms with E-state index in [2.05, 4.69) is 20.9 Å². The molecule has 0 spiro atoms. The summed E-state index contributed by atoms with van der Waals surface area (Å²) in [6.45, 7) is 1.72. The van der Waals surface area contributed by atoms with Crippen LogP contribution in [0.1, 0.15) is 17.3 Å².